The van der Waals surface area contributed by atoms with Gasteiger partial charge in [0.2, 0.25) is 5.91 Å². The second kappa shape index (κ2) is 4.00. The zero-order valence-electron chi connectivity index (χ0n) is 8.36. The molecule has 1 unspecified atom stereocenters. The molecule has 3 N–H and O–H groups in total. The summed E-state index contributed by atoms with van der Waals surface area (Å²) in [5, 5.41) is 5.81. The number of hydrogen-bond acceptors (Lipinski definition) is 3. The van der Waals surface area contributed by atoms with Crippen molar-refractivity contribution in [3.05, 3.63) is 29.6 Å². The van der Waals surface area contributed by atoms with Crippen LogP contribution in [-0.2, 0) is 4.79 Å². The average Bonchev–Trinajstić information content (AvgIpc) is 2.62. The van der Waals surface area contributed by atoms with Gasteiger partial charge in [-0.2, -0.15) is 0 Å². The zero-order chi connectivity index (χ0) is 10.8. The zero-order valence-corrected chi connectivity index (χ0v) is 9.17. The van der Waals surface area contributed by atoms with E-state index in [1.807, 2.05) is 29.6 Å². The molecule has 0 aliphatic carbocycles. The Labute approximate surface area is 91.9 Å². The smallest absolute Gasteiger partial charge is 0.241 e. The molecule has 3 nitrogen and oxygen atoms in total. The molecule has 0 saturated carbocycles. The summed E-state index contributed by atoms with van der Waals surface area (Å²) in [5.41, 5.74) is 6.33. The lowest BCUT2D eigenvalue weighted by molar-refractivity contribution is -0.117. The van der Waals surface area contributed by atoms with Gasteiger partial charge in [0.15, 0.2) is 0 Å². The summed E-state index contributed by atoms with van der Waals surface area (Å²) in [7, 11) is 0. The van der Waals surface area contributed by atoms with Crippen LogP contribution in [0.3, 0.4) is 0 Å². The Bertz CT molecular complexity index is 490. The largest absolute Gasteiger partial charge is 0.323 e. The van der Waals surface area contributed by atoms with E-state index in [-0.39, 0.29) is 5.91 Å². The van der Waals surface area contributed by atoms with Crippen molar-refractivity contribution >= 4 is 33.0 Å². The summed E-state index contributed by atoms with van der Waals surface area (Å²) in [5.74, 6) is -0.154. The number of hydrogen-bond donors (Lipinski definition) is 2. The van der Waals surface area contributed by atoms with Gasteiger partial charge in [-0.3, -0.25) is 4.79 Å². The summed E-state index contributed by atoms with van der Waals surface area (Å²) in [4.78, 5) is 11.4. The van der Waals surface area contributed by atoms with Crippen molar-refractivity contribution in [2.24, 2.45) is 5.73 Å². The maximum atomic E-state index is 11.4. The second-order valence-corrected chi connectivity index (χ2v) is 4.33. The van der Waals surface area contributed by atoms with E-state index in [2.05, 4.69) is 5.32 Å². The van der Waals surface area contributed by atoms with Crippen LogP contribution >= 0.6 is 11.3 Å². The van der Waals surface area contributed by atoms with Gasteiger partial charge in [-0.25, -0.2) is 0 Å². The van der Waals surface area contributed by atoms with Crippen LogP contribution in [0.4, 0.5) is 5.69 Å². The van der Waals surface area contributed by atoms with Gasteiger partial charge in [0, 0.05) is 15.5 Å². The van der Waals surface area contributed by atoms with E-state index in [1.165, 1.54) is 0 Å². The molecule has 2 aromatic rings. The van der Waals surface area contributed by atoms with Crippen LogP contribution in [-0.4, -0.2) is 11.9 Å². The number of rotatable bonds is 2. The van der Waals surface area contributed by atoms with Crippen LogP contribution < -0.4 is 11.1 Å². The SMILES string of the molecule is CC(N)C(=O)Nc1csc2ccccc12. The second-order valence-electron chi connectivity index (χ2n) is 3.42. The normalized spacial score (nSPS) is 12.7. The highest BCUT2D eigenvalue weighted by Gasteiger charge is 2.10. The van der Waals surface area contributed by atoms with Crippen molar-refractivity contribution in [3.63, 3.8) is 0 Å². The highest BCUT2D eigenvalue weighted by atomic mass is 32.1. The van der Waals surface area contributed by atoms with Gasteiger partial charge in [0.1, 0.15) is 0 Å². The summed E-state index contributed by atoms with van der Waals surface area (Å²) >= 11 is 1.61. The molecule has 4 heteroatoms. The first-order chi connectivity index (χ1) is 7.18. The highest BCUT2D eigenvalue weighted by molar-refractivity contribution is 7.17. The number of anilines is 1. The van der Waals surface area contributed by atoms with Gasteiger partial charge >= 0.3 is 0 Å². The molecule has 0 saturated heterocycles. The van der Waals surface area contributed by atoms with Crippen molar-refractivity contribution in [3.8, 4) is 0 Å². The molecule has 0 aliphatic rings. The number of benzene rings is 1. The number of carbonyl (C=O) groups is 1. The van der Waals surface area contributed by atoms with E-state index < -0.39 is 6.04 Å². The fourth-order valence-corrected chi connectivity index (χ4v) is 2.21. The van der Waals surface area contributed by atoms with Crippen LogP contribution in [0.1, 0.15) is 6.92 Å². The van der Waals surface area contributed by atoms with E-state index in [0.29, 0.717) is 0 Å². The number of amides is 1. The molecule has 0 bridgehead atoms. The summed E-state index contributed by atoms with van der Waals surface area (Å²) < 4.78 is 1.16. The lowest BCUT2D eigenvalue weighted by Gasteiger charge is -2.06. The Balaban J connectivity index is 2.33. The predicted molar refractivity (Wildman–Crippen MR) is 64.1 cm³/mol. The monoisotopic (exact) mass is 220 g/mol. The predicted octanol–water partition coefficient (Wildman–Crippen LogP) is 2.19. The molecule has 0 fully saturated rings. The molecule has 15 heavy (non-hydrogen) atoms. The van der Waals surface area contributed by atoms with Gasteiger partial charge in [-0.1, -0.05) is 18.2 Å². The van der Waals surface area contributed by atoms with Crippen LogP contribution in [0.2, 0.25) is 0 Å². The standard InChI is InChI=1S/C11H12N2OS/c1-7(12)11(14)13-9-6-15-10-5-3-2-4-8(9)10/h2-7H,12H2,1H3,(H,13,14). The lowest BCUT2D eigenvalue weighted by atomic mass is 10.2. The Hall–Kier alpha value is -1.39. The third-order valence-corrected chi connectivity index (χ3v) is 3.12. The third kappa shape index (κ3) is 2.00. The minimum Gasteiger partial charge on any atom is -0.323 e. The quantitative estimate of drug-likeness (QED) is 0.815. The fraction of sp³-hybridized carbons (Fsp3) is 0.182. The number of nitrogens with two attached hydrogens (primary N) is 1. The fourth-order valence-electron chi connectivity index (χ4n) is 1.32. The number of fused-ring (bicyclic) bond motifs is 1. The van der Waals surface area contributed by atoms with Crippen molar-refractivity contribution < 1.29 is 4.79 Å². The van der Waals surface area contributed by atoms with Crippen LogP contribution in [0.25, 0.3) is 10.1 Å². The molecule has 78 valence electrons. The van der Waals surface area contributed by atoms with E-state index in [9.17, 15) is 4.79 Å². The van der Waals surface area contributed by atoms with Crippen molar-refractivity contribution in [1.29, 1.82) is 0 Å². The van der Waals surface area contributed by atoms with Crippen molar-refractivity contribution in [2.75, 3.05) is 5.32 Å². The number of thiophene rings is 1. The van der Waals surface area contributed by atoms with Gasteiger partial charge in [0.25, 0.3) is 0 Å². The van der Waals surface area contributed by atoms with Gasteiger partial charge in [-0.15, -0.1) is 11.3 Å². The molecular weight excluding hydrogens is 208 g/mol. The minimum absolute atomic E-state index is 0.154. The Morgan fingerprint density at radius 3 is 2.93 bits per heavy atom. The summed E-state index contributed by atoms with van der Waals surface area (Å²) in [6, 6.07) is 7.47. The van der Waals surface area contributed by atoms with Crippen LogP contribution in [0.15, 0.2) is 29.6 Å². The first kappa shape index (κ1) is 10.1. The molecule has 1 aromatic heterocycles. The molecule has 1 aromatic carbocycles. The Kier molecular flexibility index (Phi) is 2.70. The lowest BCUT2D eigenvalue weighted by Crippen LogP contribution is -2.32. The molecule has 0 radical (unpaired) electrons. The van der Waals surface area contributed by atoms with Gasteiger partial charge < -0.3 is 11.1 Å². The van der Waals surface area contributed by atoms with E-state index >= 15 is 0 Å². The van der Waals surface area contributed by atoms with Crippen molar-refractivity contribution in [1.82, 2.24) is 0 Å². The molecule has 2 rings (SSSR count). The number of nitrogens with one attached hydrogen (secondary N) is 1. The summed E-state index contributed by atoms with van der Waals surface area (Å²) in [6.45, 7) is 1.67. The van der Waals surface area contributed by atoms with Crippen LogP contribution in [0, 0.1) is 0 Å². The molecule has 1 amide bonds. The van der Waals surface area contributed by atoms with Crippen LogP contribution in [0.5, 0.6) is 0 Å². The first-order valence-electron chi connectivity index (χ1n) is 4.71. The van der Waals surface area contributed by atoms with E-state index in [1.54, 1.807) is 18.3 Å². The first-order valence-corrected chi connectivity index (χ1v) is 5.59. The molecule has 0 spiro atoms. The molecule has 0 aliphatic heterocycles. The summed E-state index contributed by atoms with van der Waals surface area (Å²) in [6.07, 6.45) is 0. The van der Waals surface area contributed by atoms with E-state index in [4.69, 9.17) is 5.73 Å². The average molecular weight is 220 g/mol. The number of carbonyl (C=O) groups excluding carboxylic acids is 1. The molecular formula is C11H12N2OS. The highest BCUT2D eigenvalue weighted by Crippen LogP contribution is 2.29. The van der Waals surface area contributed by atoms with Crippen molar-refractivity contribution in [2.45, 2.75) is 13.0 Å². The van der Waals surface area contributed by atoms with E-state index in [0.717, 1.165) is 15.8 Å². The maximum Gasteiger partial charge on any atom is 0.241 e. The maximum absolute atomic E-state index is 11.4. The topological polar surface area (TPSA) is 55.1 Å². The molecule has 1 atom stereocenters. The minimum atomic E-state index is -0.483. The Morgan fingerprint density at radius 2 is 2.20 bits per heavy atom. The Morgan fingerprint density at radius 1 is 1.47 bits per heavy atom. The third-order valence-electron chi connectivity index (χ3n) is 2.15. The molecule has 1 heterocycles. The van der Waals surface area contributed by atoms with Gasteiger partial charge in [-0.05, 0) is 13.0 Å². The van der Waals surface area contributed by atoms with Gasteiger partial charge in [0.05, 0.1) is 11.7 Å².